The van der Waals surface area contributed by atoms with E-state index < -0.39 is 5.54 Å². The zero-order valence-electron chi connectivity index (χ0n) is 11.7. The lowest BCUT2D eigenvalue weighted by Gasteiger charge is -2.39. The fourth-order valence-electron chi connectivity index (χ4n) is 2.07. The molecule has 1 aliphatic rings. The normalized spacial score (nSPS) is 18.7. The largest absolute Gasteiger partial charge is 0.490 e. The number of carbonyl (C=O) groups excluding carboxylic acids is 2. The number of nitrogens with one attached hydrogen (secondary N) is 1. The molecule has 1 aliphatic heterocycles. The molecule has 108 valence electrons. The lowest BCUT2D eigenvalue weighted by molar-refractivity contribution is -0.145. The van der Waals surface area contributed by atoms with Gasteiger partial charge in [-0.3, -0.25) is 19.8 Å². The first kappa shape index (κ1) is 14.3. The van der Waals surface area contributed by atoms with E-state index in [1.54, 1.807) is 30.9 Å². The minimum Gasteiger partial charge on any atom is -0.490 e. The number of imide groups is 1. The van der Waals surface area contributed by atoms with E-state index in [4.69, 9.17) is 10.5 Å². The zero-order chi connectivity index (χ0) is 14.8. The van der Waals surface area contributed by atoms with Crippen molar-refractivity contribution in [1.29, 1.82) is 0 Å². The average molecular weight is 277 g/mol. The number of anilines is 1. The highest BCUT2D eigenvalue weighted by molar-refractivity contribution is 6.02. The van der Waals surface area contributed by atoms with Gasteiger partial charge in [-0.2, -0.15) is 0 Å². The van der Waals surface area contributed by atoms with Crippen molar-refractivity contribution in [2.75, 3.05) is 25.4 Å². The van der Waals surface area contributed by atoms with Crippen molar-refractivity contribution in [3.63, 3.8) is 0 Å². The van der Waals surface area contributed by atoms with Gasteiger partial charge in [-0.25, -0.2) is 0 Å². The Morgan fingerprint density at radius 3 is 2.75 bits per heavy atom. The Bertz CT molecular complexity index is 528. The lowest BCUT2D eigenvalue weighted by atomic mass is 9.99. The van der Waals surface area contributed by atoms with E-state index in [0.717, 1.165) is 0 Å². The molecule has 0 aliphatic carbocycles. The molecule has 3 N–H and O–H groups in total. The molecule has 1 aromatic carbocycles. The molecular weight excluding hydrogens is 258 g/mol. The van der Waals surface area contributed by atoms with Crippen LogP contribution >= 0.6 is 0 Å². The number of carbonyl (C=O) groups is 2. The SMILES string of the molecule is CC1(C)C(=O)NC(=O)CN1CCOc1ccccc1N. The van der Waals surface area contributed by atoms with E-state index in [0.29, 0.717) is 24.6 Å². The molecule has 6 heteroatoms. The summed E-state index contributed by atoms with van der Waals surface area (Å²) in [6, 6.07) is 7.22. The van der Waals surface area contributed by atoms with Crippen LogP contribution in [-0.4, -0.2) is 41.9 Å². The van der Waals surface area contributed by atoms with Gasteiger partial charge in [-0.05, 0) is 26.0 Å². The maximum Gasteiger partial charge on any atom is 0.246 e. The van der Waals surface area contributed by atoms with Gasteiger partial charge in [-0.15, -0.1) is 0 Å². The molecule has 0 bridgehead atoms. The van der Waals surface area contributed by atoms with Crippen LogP contribution in [0.15, 0.2) is 24.3 Å². The number of nitrogens with zero attached hydrogens (tertiary/aromatic N) is 1. The molecule has 0 aromatic heterocycles. The van der Waals surface area contributed by atoms with Gasteiger partial charge >= 0.3 is 0 Å². The van der Waals surface area contributed by atoms with Gasteiger partial charge in [0.15, 0.2) is 0 Å². The van der Waals surface area contributed by atoms with E-state index in [2.05, 4.69) is 5.32 Å². The minimum absolute atomic E-state index is 0.187. The van der Waals surface area contributed by atoms with Crippen molar-refractivity contribution in [3.05, 3.63) is 24.3 Å². The van der Waals surface area contributed by atoms with E-state index in [1.165, 1.54) is 0 Å². The quantitative estimate of drug-likeness (QED) is 0.614. The number of piperazine rings is 1. The topological polar surface area (TPSA) is 84.7 Å². The van der Waals surface area contributed by atoms with E-state index in [-0.39, 0.29) is 18.4 Å². The Hall–Kier alpha value is -2.08. The summed E-state index contributed by atoms with van der Waals surface area (Å²) < 4.78 is 5.59. The Balaban J connectivity index is 1.94. The first-order valence-corrected chi connectivity index (χ1v) is 6.48. The molecule has 0 radical (unpaired) electrons. The lowest BCUT2D eigenvalue weighted by Crippen LogP contribution is -2.64. The predicted octanol–water partition coefficient (Wildman–Crippen LogP) is 0.385. The zero-order valence-corrected chi connectivity index (χ0v) is 11.7. The summed E-state index contributed by atoms with van der Waals surface area (Å²) in [5, 5.41) is 2.34. The van der Waals surface area contributed by atoms with Crippen LogP contribution < -0.4 is 15.8 Å². The molecule has 0 saturated carbocycles. The first-order chi connectivity index (χ1) is 9.41. The van der Waals surface area contributed by atoms with Gasteiger partial charge in [0, 0.05) is 6.54 Å². The first-order valence-electron chi connectivity index (χ1n) is 6.48. The molecule has 1 fully saturated rings. The van der Waals surface area contributed by atoms with Crippen LogP contribution in [0.3, 0.4) is 0 Å². The maximum atomic E-state index is 11.8. The van der Waals surface area contributed by atoms with Crippen LogP contribution in [0.4, 0.5) is 5.69 Å². The monoisotopic (exact) mass is 277 g/mol. The van der Waals surface area contributed by atoms with E-state index in [1.807, 2.05) is 12.1 Å². The standard InChI is InChI=1S/C14H19N3O3/c1-14(2)13(19)16-12(18)9-17(14)7-8-20-11-6-4-3-5-10(11)15/h3-6H,7-9,15H2,1-2H3,(H,16,18,19). The molecule has 1 heterocycles. The summed E-state index contributed by atoms with van der Waals surface area (Å²) in [5.41, 5.74) is 5.63. The summed E-state index contributed by atoms with van der Waals surface area (Å²) in [6.07, 6.45) is 0. The van der Waals surface area contributed by atoms with Crippen molar-refractivity contribution >= 4 is 17.5 Å². The molecule has 0 spiro atoms. The highest BCUT2D eigenvalue weighted by atomic mass is 16.5. The number of hydrogen-bond acceptors (Lipinski definition) is 5. The van der Waals surface area contributed by atoms with Crippen molar-refractivity contribution in [1.82, 2.24) is 10.2 Å². The fourth-order valence-corrected chi connectivity index (χ4v) is 2.07. The number of para-hydroxylation sites is 2. The highest BCUT2D eigenvalue weighted by Crippen LogP contribution is 2.21. The highest BCUT2D eigenvalue weighted by Gasteiger charge is 2.40. The summed E-state index contributed by atoms with van der Waals surface area (Å²) in [7, 11) is 0. The van der Waals surface area contributed by atoms with Crippen molar-refractivity contribution < 1.29 is 14.3 Å². The summed E-state index contributed by atoms with van der Waals surface area (Å²) >= 11 is 0. The molecule has 6 nitrogen and oxygen atoms in total. The molecular formula is C14H19N3O3. The summed E-state index contributed by atoms with van der Waals surface area (Å²) in [4.78, 5) is 25.0. The van der Waals surface area contributed by atoms with Crippen molar-refractivity contribution in [3.8, 4) is 5.75 Å². The third kappa shape index (κ3) is 2.91. The smallest absolute Gasteiger partial charge is 0.246 e. The molecule has 2 rings (SSSR count). The van der Waals surface area contributed by atoms with Crippen LogP contribution in [0.25, 0.3) is 0 Å². The number of nitrogen functional groups attached to an aromatic ring is 1. The Morgan fingerprint density at radius 2 is 2.05 bits per heavy atom. The number of rotatable bonds is 4. The molecule has 1 aromatic rings. The molecule has 1 saturated heterocycles. The Morgan fingerprint density at radius 1 is 1.35 bits per heavy atom. The van der Waals surface area contributed by atoms with Crippen LogP contribution in [0, 0.1) is 0 Å². The third-order valence-electron chi connectivity index (χ3n) is 3.47. The third-order valence-corrected chi connectivity index (χ3v) is 3.47. The number of benzene rings is 1. The second-order valence-corrected chi connectivity index (χ2v) is 5.24. The van der Waals surface area contributed by atoms with Crippen LogP contribution in [-0.2, 0) is 9.59 Å². The van der Waals surface area contributed by atoms with Crippen LogP contribution in [0.2, 0.25) is 0 Å². The molecule has 2 amide bonds. The van der Waals surface area contributed by atoms with E-state index >= 15 is 0 Å². The van der Waals surface area contributed by atoms with Gasteiger partial charge < -0.3 is 10.5 Å². The summed E-state index contributed by atoms with van der Waals surface area (Å²) in [6.45, 7) is 4.59. The summed E-state index contributed by atoms with van der Waals surface area (Å²) in [5.74, 6) is 0.0413. The molecule has 0 atom stereocenters. The number of amides is 2. The van der Waals surface area contributed by atoms with E-state index in [9.17, 15) is 9.59 Å². The van der Waals surface area contributed by atoms with Gasteiger partial charge in [0.1, 0.15) is 12.4 Å². The van der Waals surface area contributed by atoms with Gasteiger partial charge in [0.05, 0.1) is 17.8 Å². The number of ether oxygens (including phenoxy) is 1. The van der Waals surface area contributed by atoms with Crippen molar-refractivity contribution in [2.24, 2.45) is 0 Å². The van der Waals surface area contributed by atoms with Gasteiger partial charge in [0.25, 0.3) is 0 Å². The number of nitrogens with two attached hydrogens (primary N) is 1. The van der Waals surface area contributed by atoms with Gasteiger partial charge in [-0.1, -0.05) is 12.1 Å². The van der Waals surface area contributed by atoms with Crippen molar-refractivity contribution in [2.45, 2.75) is 19.4 Å². The average Bonchev–Trinajstić information content (AvgIpc) is 2.38. The Labute approximate surface area is 117 Å². The Kier molecular flexibility index (Phi) is 3.94. The molecule has 0 unspecified atom stereocenters. The van der Waals surface area contributed by atoms with Gasteiger partial charge in [0.2, 0.25) is 11.8 Å². The van der Waals surface area contributed by atoms with Crippen LogP contribution in [0.1, 0.15) is 13.8 Å². The second-order valence-electron chi connectivity index (χ2n) is 5.24. The maximum absolute atomic E-state index is 11.8. The predicted molar refractivity (Wildman–Crippen MR) is 75.2 cm³/mol. The molecule has 20 heavy (non-hydrogen) atoms. The fraction of sp³-hybridized carbons (Fsp3) is 0.429. The minimum atomic E-state index is -0.723. The second kappa shape index (κ2) is 5.50. The van der Waals surface area contributed by atoms with Crippen LogP contribution in [0.5, 0.6) is 5.75 Å². The number of hydrogen-bond donors (Lipinski definition) is 2.